The molecule has 0 saturated heterocycles. The van der Waals surface area contributed by atoms with Crippen molar-refractivity contribution >= 4 is 17.3 Å². The molecule has 0 radical (unpaired) electrons. The number of nitrogens with zero attached hydrogens (tertiary/aromatic N) is 1. The van der Waals surface area contributed by atoms with Crippen molar-refractivity contribution in [3.8, 4) is 11.8 Å². The molecule has 1 aromatic rings. The minimum atomic E-state index is -0.284. The van der Waals surface area contributed by atoms with Crippen LogP contribution in [0, 0.1) is 18.8 Å². The summed E-state index contributed by atoms with van der Waals surface area (Å²) in [7, 11) is 0. The standard InChI is InChI=1S/C10H11NO2S/c1-3-13-10(12)6-4-5-9-11-7-8(2)14-9/h7H,3,6H2,1-2H3. The minimum absolute atomic E-state index is 0.131. The lowest BCUT2D eigenvalue weighted by Crippen LogP contribution is -2.01. The zero-order valence-electron chi connectivity index (χ0n) is 8.16. The Balaban J connectivity index is 2.44. The highest BCUT2D eigenvalue weighted by Crippen LogP contribution is 2.08. The summed E-state index contributed by atoms with van der Waals surface area (Å²) in [5.74, 6) is 5.25. The van der Waals surface area contributed by atoms with Gasteiger partial charge in [0, 0.05) is 11.1 Å². The number of esters is 1. The van der Waals surface area contributed by atoms with E-state index in [9.17, 15) is 4.79 Å². The highest BCUT2D eigenvalue weighted by Gasteiger charge is 1.97. The molecule has 0 bridgehead atoms. The summed E-state index contributed by atoms with van der Waals surface area (Å²) in [5.41, 5.74) is 0. The summed E-state index contributed by atoms with van der Waals surface area (Å²) < 4.78 is 4.73. The smallest absolute Gasteiger partial charge is 0.317 e. The Hall–Kier alpha value is -1.34. The van der Waals surface area contributed by atoms with Crippen molar-refractivity contribution in [1.29, 1.82) is 0 Å². The highest BCUT2D eigenvalue weighted by molar-refractivity contribution is 7.12. The molecule has 0 spiro atoms. The molecule has 0 aromatic carbocycles. The predicted molar refractivity (Wildman–Crippen MR) is 55.0 cm³/mol. The molecule has 0 aliphatic heterocycles. The van der Waals surface area contributed by atoms with Crippen molar-refractivity contribution in [2.45, 2.75) is 20.3 Å². The van der Waals surface area contributed by atoms with Crippen LogP contribution in [0.4, 0.5) is 0 Å². The van der Waals surface area contributed by atoms with E-state index in [1.54, 1.807) is 13.1 Å². The first-order valence-electron chi connectivity index (χ1n) is 4.29. The summed E-state index contributed by atoms with van der Waals surface area (Å²) in [4.78, 5) is 16.1. The highest BCUT2D eigenvalue weighted by atomic mass is 32.1. The van der Waals surface area contributed by atoms with Crippen molar-refractivity contribution in [1.82, 2.24) is 4.98 Å². The first-order valence-corrected chi connectivity index (χ1v) is 5.11. The Morgan fingerprint density at radius 3 is 3.07 bits per heavy atom. The third kappa shape index (κ3) is 3.58. The molecule has 1 heterocycles. The van der Waals surface area contributed by atoms with Crippen LogP contribution in [0.1, 0.15) is 23.2 Å². The minimum Gasteiger partial charge on any atom is -0.465 e. The van der Waals surface area contributed by atoms with Gasteiger partial charge in [-0.1, -0.05) is 5.92 Å². The SMILES string of the molecule is CCOC(=O)CC#Cc1ncc(C)s1. The Morgan fingerprint density at radius 2 is 2.50 bits per heavy atom. The van der Waals surface area contributed by atoms with Gasteiger partial charge in [-0.3, -0.25) is 4.79 Å². The molecule has 14 heavy (non-hydrogen) atoms. The molecular weight excluding hydrogens is 198 g/mol. The quantitative estimate of drug-likeness (QED) is 0.550. The van der Waals surface area contributed by atoms with E-state index in [0.29, 0.717) is 6.61 Å². The van der Waals surface area contributed by atoms with Gasteiger partial charge in [0.2, 0.25) is 0 Å². The number of aromatic nitrogens is 1. The fourth-order valence-corrected chi connectivity index (χ4v) is 1.46. The number of aryl methyl sites for hydroxylation is 1. The van der Waals surface area contributed by atoms with E-state index >= 15 is 0 Å². The summed E-state index contributed by atoms with van der Waals surface area (Å²) in [5, 5.41) is 0.742. The monoisotopic (exact) mass is 209 g/mol. The first kappa shape index (κ1) is 10.7. The fraction of sp³-hybridized carbons (Fsp3) is 0.400. The summed E-state index contributed by atoms with van der Waals surface area (Å²) in [6, 6.07) is 0. The van der Waals surface area contributed by atoms with Crippen molar-refractivity contribution in [2.75, 3.05) is 6.61 Å². The number of rotatable bonds is 2. The molecule has 0 N–H and O–H groups in total. The van der Waals surface area contributed by atoms with E-state index < -0.39 is 0 Å². The molecule has 0 aliphatic rings. The lowest BCUT2D eigenvalue weighted by Gasteiger charge is -1.94. The lowest BCUT2D eigenvalue weighted by molar-refractivity contribution is -0.141. The molecule has 0 unspecified atom stereocenters. The molecular formula is C10H11NO2S. The number of hydrogen-bond acceptors (Lipinski definition) is 4. The van der Waals surface area contributed by atoms with E-state index in [4.69, 9.17) is 4.74 Å². The molecule has 0 amide bonds. The van der Waals surface area contributed by atoms with Gasteiger partial charge in [-0.25, -0.2) is 4.98 Å². The first-order chi connectivity index (χ1) is 6.72. The van der Waals surface area contributed by atoms with Crippen molar-refractivity contribution in [2.24, 2.45) is 0 Å². The van der Waals surface area contributed by atoms with E-state index in [0.717, 1.165) is 9.88 Å². The number of hydrogen-bond donors (Lipinski definition) is 0. The second-order valence-corrected chi connectivity index (χ2v) is 3.79. The second-order valence-electron chi connectivity index (χ2n) is 2.56. The van der Waals surface area contributed by atoms with Crippen LogP contribution >= 0.6 is 11.3 Å². The van der Waals surface area contributed by atoms with Gasteiger partial charge in [0.05, 0.1) is 6.61 Å². The number of ether oxygens (including phenoxy) is 1. The van der Waals surface area contributed by atoms with Gasteiger partial charge in [-0.15, -0.1) is 11.3 Å². The zero-order valence-corrected chi connectivity index (χ0v) is 8.98. The average Bonchev–Trinajstić information content (AvgIpc) is 2.52. The average molecular weight is 209 g/mol. The van der Waals surface area contributed by atoms with Gasteiger partial charge >= 0.3 is 5.97 Å². The van der Waals surface area contributed by atoms with Crippen molar-refractivity contribution in [3.05, 3.63) is 16.1 Å². The molecule has 0 saturated carbocycles. The van der Waals surface area contributed by atoms with E-state index in [1.807, 2.05) is 6.92 Å². The van der Waals surface area contributed by atoms with Gasteiger partial charge in [0.25, 0.3) is 0 Å². The normalized spacial score (nSPS) is 9.00. The van der Waals surface area contributed by atoms with Crippen LogP contribution in [-0.4, -0.2) is 17.6 Å². The topological polar surface area (TPSA) is 39.2 Å². The molecule has 1 rings (SSSR count). The maximum Gasteiger partial charge on any atom is 0.317 e. The molecule has 4 heteroatoms. The number of carbonyl (C=O) groups is 1. The van der Waals surface area contributed by atoms with E-state index in [-0.39, 0.29) is 12.4 Å². The second kappa shape index (κ2) is 5.40. The van der Waals surface area contributed by atoms with Crippen LogP contribution in [0.15, 0.2) is 6.20 Å². The third-order valence-electron chi connectivity index (χ3n) is 1.35. The maximum atomic E-state index is 10.9. The van der Waals surface area contributed by atoms with Crippen molar-refractivity contribution in [3.63, 3.8) is 0 Å². The van der Waals surface area contributed by atoms with Gasteiger partial charge in [-0.05, 0) is 19.8 Å². The van der Waals surface area contributed by atoms with Crippen LogP contribution in [0.2, 0.25) is 0 Å². The van der Waals surface area contributed by atoms with Crippen LogP contribution in [0.25, 0.3) is 0 Å². The molecule has 1 aromatic heterocycles. The fourth-order valence-electron chi connectivity index (χ4n) is 0.817. The Kier molecular flexibility index (Phi) is 4.14. The Morgan fingerprint density at radius 1 is 1.71 bits per heavy atom. The van der Waals surface area contributed by atoms with Gasteiger partial charge in [0.1, 0.15) is 6.42 Å². The molecule has 0 aliphatic carbocycles. The molecule has 0 atom stereocenters. The van der Waals surface area contributed by atoms with Crippen molar-refractivity contribution < 1.29 is 9.53 Å². The van der Waals surface area contributed by atoms with Gasteiger partial charge in [0.15, 0.2) is 5.01 Å². The van der Waals surface area contributed by atoms with E-state index in [1.165, 1.54) is 11.3 Å². The van der Waals surface area contributed by atoms with Gasteiger partial charge in [-0.2, -0.15) is 0 Å². The van der Waals surface area contributed by atoms with Crippen LogP contribution in [0.3, 0.4) is 0 Å². The van der Waals surface area contributed by atoms with Crippen LogP contribution in [-0.2, 0) is 9.53 Å². The lowest BCUT2D eigenvalue weighted by atomic mass is 10.4. The molecule has 3 nitrogen and oxygen atoms in total. The number of carbonyl (C=O) groups excluding carboxylic acids is 1. The summed E-state index contributed by atoms with van der Waals surface area (Å²) in [6.45, 7) is 4.14. The molecule has 0 fully saturated rings. The Bertz CT molecular complexity index is 373. The third-order valence-corrected chi connectivity index (χ3v) is 2.18. The molecule has 74 valence electrons. The maximum absolute atomic E-state index is 10.9. The summed E-state index contributed by atoms with van der Waals surface area (Å²) in [6.07, 6.45) is 1.89. The summed E-state index contributed by atoms with van der Waals surface area (Å²) >= 11 is 1.52. The zero-order chi connectivity index (χ0) is 10.4. The van der Waals surface area contributed by atoms with Gasteiger partial charge < -0.3 is 4.74 Å². The largest absolute Gasteiger partial charge is 0.465 e. The Labute approximate surface area is 87.1 Å². The predicted octanol–water partition coefficient (Wildman–Crippen LogP) is 1.76. The van der Waals surface area contributed by atoms with E-state index in [2.05, 4.69) is 16.8 Å². The van der Waals surface area contributed by atoms with Crippen LogP contribution in [0.5, 0.6) is 0 Å². The van der Waals surface area contributed by atoms with Crippen LogP contribution < -0.4 is 0 Å². The number of thiazole rings is 1.